The maximum Gasteiger partial charge on any atom is 0.242 e. The van der Waals surface area contributed by atoms with Gasteiger partial charge in [-0.15, -0.1) is 0 Å². The van der Waals surface area contributed by atoms with Gasteiger partial charge in [0.05, 0.1) is 17.4 Å². The Kier molecular flexibility index (Phi) is 5.51. The number of carbonyl (C=O) groups is 1. The predicted molar refractivity (Wildman–Crippen MR) is 133 cm³/mol. The molecule has 1 amide bonds. The topological polar surface area (TPSA) is 89.5 Å². The molecule has 4 aliphatic rings. The molecule has 0 aromatic carbocycles. The number of hydrogen-bond donors (Lipinski definition) is 2. The molecule has 3 aliphatic heterocycles. The van der Waals surface area contributed by atoms with Crippen LogP contribution in [0.2, 0.25) is 0 Å². The van der Waals surface area contributed by atoms with Gasteiger partial charge in [0.25, 0.3) is 0 Å². The Bertz CT molecular complexity index is 1040. The van der Waals surface area contributed by atoms with Gasteiger partial charge in [0, 0.05) is 44.5 Å². The smallest absolute Gasteiger partial charge is 0.242 e. The van der Waals surface area contributed by atoms with E-state index >= 15 is 0 Å². The van der Waals surface area contributed by atoms with E-state index in [1.807, 2.05) is 18.5 Å². The van der Waals surface area contributed by atoms with Crippen LogP contribution in [0.3, 0.4) is 0 Å². The van der Waals surface area contributed by atoms with Crippen LogP contribution in [0.25, 0.3) is 0 Å². The number of fused-ring (bicyclic) bond motifs is 4. The Morgan fingerprint density at radius 2 is 1.88 bits per heavy atom. The third kappa shape index (κ3) is 3.85. The number of hydrogen-bond acceptors (Lipinski definition) is 8. The number of piperazine rings is 2. The summed E-state index contributed by atoms with van der Waals surface area (Å²) in [5, 5.41) is 6.51. The van der Waals surface area contributed by atoms with Crippen LogP contribution >= 0.6 is 0 Å². The van der Waals surface area contributed by atoms with Crippen molar-refractivity contribution < 1.29 is 4.79 Å². The molecule has 9 heteroatoms. The van der Waals surface area contributed by atoms with Crippen molar-refractivity contribution in [3.05, 3.63) is 30.1 Å². The van der Waals surface area contributed by atoms with Crippen LogP contribution in [0.4, 0.5) is 23.3 Å². The minimum absolute atomic E-state index is 0.0277. The summed E-state index contributed by atoms with van der Waals surface area (Å²) in [6.07, 6.45) is 11.4. The molecule has 6 rings (SSSR count). The van der Waals surface area contributed by atoms with Crippen molar-refractivity contribution in [3.8, 4) is 0 Å². The van der Waals surface area contributed by atoms with Crippen molar-refractivity contribution in [2.24, 2.45) is 0 Å². The Labute approximate surface area is 201 Å². The average Bonchev–Trinajstić information content (AvgIpc) is 2.88. The van der Waals surface area contributed by atoms with Crippen LogP contribution in [0.5, 0.6) is 0 Å². The number of pyridine rings is 1. The highest BCUT2D eigenvalue weighted by atomic mass is 16.2. The number of nitrogens with one attached hydrogen (secondary N) is 2. The van der Waals surface area contributed by atoms with E-state index in [1.54, 1.807) is 0 Å². The van der Waals surface area contributed by atoms with Crippen LogP contribution in [-0.2, 0) is 11.2 Å². The maximum absolute atomic E-state index is 12.8. The summed E-state index contributed by atoms with van der Waals surface area (Å²) in [7, 11) is 2.16. The number of anilines is 4. The van der Waals surface area contributed by atoms with Gasteiger partial charge < -0.3 is 25.3 Å². The van der Waals surface area contributed by atoms with Crippen LogP contribution in [-0.4, -0.2) is 77.1 Å². The highest BCUT2D eigenvalue weighted by Gasteiger charge is 2.50. The largest absolute Gasteiger partial charge is 0.368 e. The summed E-state index contributed by atoms with van der Waals surface area (Å²) in [6, 6.07) is 3.97. The first-order valence-corrected chi connectivity index (χ1v) is 12.7. The molecule has 2 aromatic heterocycles. The molecule has 34 heavy (non-hydrogen) atoms. The van der Waals surface area contributed by atoms with Gasteiger partial charge in [0.1, 0.15) is 17.7 Å². The summed E-state index contributed by atoms with van der Waals surface area (Å²) < 4.78 is 0. The number of carbonyl (C=O) groups excluding carboxylic acids is 1. The number of aryl methyl sites for hydroxylation is 1. The van der Waals surface area contributed by atoms with Crippen molar-refractivity contribution in [3.63, 3.8) is 0 Å². The van der Waals surface area contributed by atoms with Gasteiger partial charge in [-0.05, 0) is 44.9 Å². The standard InChI is InChI=1S/C25H34N8O/c1-31-11-13-32(14-12-31)19-6-8-21(26-16-19)29-24-27-15-18-5-7-20-23(34)28-17-25(9-3-2-4-10-25)33(20)22(18)30-24/h6,8,15-16,20H,2-5,7,9-14,17H2,1H3,(H,28,34)(H,26,27,29,30). The van der Waals surface area contributed by atoms with E-state index in [2.05, 4.69) is 48.4 Å². The summed E-state index contributed by atoms with van der Waals surface area (Å²) in [5.41, 5.74) is 2.26. The zero-order valence-electron chi connectivity index (χ0n) is 20.0. The van der Waals surface area contributed by atoms with Gasteiger partial charge in [0.2, 0.25) is 11.9 Å². The lowest BCUT2D eigenvalue weighted by molar-refractivity contribution is -0.125. The van der Waals surface area contributed by atoms with Crippen LogP contribution in [0.1, 0.15) is 44.1 Å². The molecule has 1 atom stereocenters. The molecule has 1 aliphatic carbocycles. The van der Waals surface area contributed by atoms with Gasteiger partial charge in [-0.25, -0.2) is 9.97 Å². The monoisotopic (exact) mass is 462 g/mol. The van der Waals surface area contributed by atoms with E-state index in [-0.39, 0.29) is 17.5 Å². The quantitative estimate of drug-likeness (QED) is 0.719. The summed E-state index contributed by atoms with van der Waals surface area (Å²) in [6.45, 7) is 4.89. The summed E-state index contributed by atoms with van der Waals surface area (Å²) in [4.78, 5) is 34.1. The highest BCUT2D eigenvalue weighted by Crippen LogP contribution is 2.43. The van der Waals surface area contributed by atoms with E-state index < -0.39 is 0 Å². The van der Waals surface area contributed by atoms with Gasteiger partial charge in [-0.1, -0.05) is 19.3 Å². The minimum Gasteiger partial charge on any atom is -0.368 e. The molecule has 5 heterocycles. The van der Waals surface area contributed by atoms with Crippen LogP contribution in [0.15, 0.2) is 24.5 Å². The minimum atomic E-state index is -0.136. The Balaban J connectivity index is 1.25. The van der Waals surface area contributed by atoms with Crippen molar-refractivity contribution in [1.82, 2.24) is 25.2 Å². The molecule has 2 aromatic rings. The van der Waals surface area contributed by atoms with Gasteiger partial charge in [0.15, 0.2) is 0 Å². The molecule has 0 radical (unpaired) electrons. The van der Waals surface area contributed by atoms with Gasteiger partial charge in [-0.3, -0.25) is 4.79 Å². The lowest BCUT2D eigenvalue weighted by Crippen LogP contribution is -2.70. The molecule has 9 nitrogen and oxygen atoms in total. The van der Waals surface area contributed by atoms with Crippen LogP contribution in [0, 0.1) is 0 Å². The molecule has 1 unspecified atom stereocenters. The van der Waals surface area contributed by atoms with Crippen molar-refractivity contribution in [1.29, 1.82) is 0 Å². The van der Waals surface area contributed by atoms with E-state index in [4.69, 9.17) is 4.98 Å². The summed E-state index contributed by atoms with van der Waals surface area (Å²) >= 11 is 0. The predicted octanol–water partition coefficient (Wildman–Crippen LogP) is 2.32. The molecule has 180 valence electrons. The molecule has 0 bridgehead atoms. The fourth-order valence-corrected chi connectivity index (χ4v) is 6.12. The maximum atomic E-state index is 12.8. The lowest BCUT2D eigenvalue weighted by atomic mass is 9.76. The van der Waals surface area contributed by atoms with E-state index in [1.165, 1.54) is 19.3 Å². The fraction of sp³-hybridized carbons (Fsp3) is 0.600. The van der Waals surface area contributed by atoms with Crippen molar-refractivity contribution in [2.75, 3.05) is 54.9 Å². The fourth-order valence-electron chi connectivity index (χ4n) is 6.12. The van der Waals surface area contributed by atoms with E-state index in [9.17, 15) is 4.79 Å². The zero-order valence-corrected chi connectivity index (χ0v) is 20.0. The third-order valence-corrected chi connectivity index (χ3v) is 8.11. The number of rotatable bonds is 3. The van der Waals surface area contributed by atoms with Gasteiger partial charge in [-0.2, -0.15) is 4.98 Å². The molecule has 1 saturated carbocycles. The second-order valence-electron chi connectivity index (χ2n) is 10.3. The second-order valence-corrected chi connectivity index (χ2v) is 10.3. The Morgan fingerprint density at radius 3 is 2.65 bits per heavy atom. The first kappa shape index (κ1) is 21.6. The molecular weight excluding hydrogens is 428 g/mol. The Hall–Kier alpha value is -2.94. The SMILES string of the molecule is CN1CCN(c2ccc(Nc3ncc4c(n3)N3C(CC4)C(=O)NCC34CCCCC4)nc2)CC1. The van der Waals surface area contributed by atoms with Crippen molar-refractivity contribution >= 4 is 29.2 Å². The zero-order chi connectivity index (χ0) is 23.1. The Morgan fingerprint density at radius 1 is 1.06 bits per heavy atom. The first-order chi connectivity index (χ1) is 16.6. The molecule has 1 spiro atoms. The number of nitrogens with zero attached hydrogens (tertiary/aromatic N) is 6. The molecule has 2 N–H and O–H groups in total. The average molecular weight is 463 g/mol. The van der Waals surface area contributed by atoms with Gasteiger partial charge >= 0.3 is 0 Å². The number of likely N-dealkylation sites (N-methyl/N-ethyl adjacent to an activating group) is 1. The lowest BCUT2D eigenvalue weighted by Gasteiger charge is -2.55. The van der Waals surface area contributed by atoms with Crippen molar-refractivity contribution in [2.45, 2.75) is 56.5 Å². The van der Waals surface area contributed by atoms with E-state index in [0.29, 0.717) is 12.5 Å². The molecule has 3 fully saturated rings. The molecule has 2 saturated heterocycles. The second kappa shape index (κ2) is 8.69. The highest BCUT2D eigenvalue weighted by molar-refractivity contribution is 5.88. The number of amides is 1. The normalized spacial score (nSPS) is 24.4. The van der Waals surface area contributed by atoms with E-state index in [0.717, 1.165) is 74.7 Å². The third-order valence-electron chi connectivity index (χ3n) is 8.11. The number of aromatic nitrogens is 3. The molecular formula is C25H34N8O. The first-order valence-electron chi connectivity index (χ1n) is 12.7. The van der Waals surface area contributed by atoms with Crippen LogP contribution < -0.4 is 20.4 Å². The summed E-state index contributed by atoms with van der Waals surface area (Å²) in [5.74, 6) is 2.33.